The molecule has 0 saturated carbocycles. The van der Waals surface area contributed by atoms with Crippen molar-refractivity contribution < 1.29 is 4.79 Å². The number of amides is 1. The average Bonchev–Trinajstić information content (AvgIpc) is 2.47. The SMILES string of the molecule is Nc1ccnc(C(=O)Nc2cccc3cnccc23)c1. The second kappa shape index (κ2) is 4.97. The molecular weight excluding hydrogens is 252 g/mol. The van der Waals surface area contributed by atoms with Crippen molar-refractivity contribution in [3.63, 3.8) is 0 Å². The molecule has 0 aliphatic carbocycles. The summed E-state index contributed by atoms with van der Waals surface area (Å²) >= 11 is 0. The zero-order chi connectivity index (χ0) is 13.9. The number of hydrogen-bond acceptors (Lipinski definition) is 4. The first-order valence-corrected chi connectivity index (χ1v) is 6.10. The highest BCUT2D eigenvalue weighted by atomic mass is 16.1. The number of fused-ring (bicyclic) bond motifs is 1. The third-order valence-electron chi connectivity index (χ3n) is 2.95. The van der Waals surface area contributed by atoms with Crippen LogP contribution in [-0.4, -0.2) is 15.9 Å². The first-order chi connectivity index (χ1) is 9.74. The predicted molar refractivity (Wildman–Crippen MR) is 78.3 cm³/mol. The number of nitrogens with two attached hydrogens (primary N) is 1. The maximum absolute atomic E-state index is 12.2. The molecule has 98 valence electrons. The van der Waals surface area contributed by atoms with E-state index in [-0.39, 0.29) is 11.6 Å². The van der Waals surface area contributed by atoms with Crippen molar-refractivity contribution in [2.45, 2.75) is 0 Å². The molecule has 0 aliphatic rings. The molecule has 3 aromatic rings. The van der Waals surface area contributed by atoms with Crippen molar-refractivity contribution in [3.8, 4) is 0 Å². The Morgan fingerprint density at radius 2 is 2.05 bits per heavy atom. The van der Waals surface area contributed by atoms with E-state index in [0.29, 0.717) is 5.69 Å². The van der Waals surface area contributed by atoms with Gasteiger partial charge in [-0.2, -0.15) is 0 Å². The highest BCUT2D eigenvalue weighted by Crippen LogP contribution is 2.22. The molecule has 0 radical (unpaired) electrons. The van der Waals surface area contributed by atoms with Gasteiger partial charge in [0, 0.05) is 40.7 Å². The van der Waals surface area contributed by atoms with Crippen LogP contribution in [0.3, 0.4) is 0 Å². The maximum atomic E-state index is 12.2. The molecule has 0 saturated heterocycles. The van der Waals surface area contributed by atoms with Gasteiger partial charge in [-0.1, -0.05) is 12.1 Å². The molecule has 1 aromatic carbocycles. The van der Waals surface area contributed by atoms with E-state index in [1.807, 2.05) is 24.3 Å². The second-order valence-electron chi connectivity index (χ2n) is 4.33. The smallest absolute Gasteiger partial charge is 0.274 e. The van der Waals surface area contributed by atoms with Crippen LogP contribution in [0.4, 0.5) is 11.4 Å². The Morgan fingerprint density at radius 3 is 2.90 bits per heavy atom. The summed E-state index contributed by atoms with van der Waals surface area (Å²) in [6, 6.07) is 10.7. The fourth-order valence-corrected chi connectivity index (χ4v) is 1.99. The lowest BCUT2D eigenvalue weighted by atomic mass is 10.1. The normalized spacial score (nSPS) is 10.4. The van der Waals surface area contributed by atoms with Gasteiger partial charge < -0.3 is 11.1 Å². The van der Waals surface area contributed by atoms with Gasteiger partial charge in [0.2, 0.25) is 0 Å². The predicted octanol–water partition coefficient (Wildman–Crippen LogP) is 2.46. The highest BCUT2D eigenvalue weighted by Gasteiger charge is 2.09. The highest BCUT2D eigenvalue weighted by molar-refractivity contribution is 6.08. The lowest BCUT2D eigenvalue weighted by Crippen LogP contribution is -2.14. The Balaban J connectivity index is 1.95. The summed E-state index contributed by atoms with van der Waals surface area (Å²) in [6.07, 6.45) is 4.96. The van der Waals surface area contributed by atoms with Crippen LogP contribution < -0.4 is 11.1 Å². The third-order valence-corrected chi connectivity index (χ3v) is 2.95. The minimum absolute atomic E-state index is 0.288. The quantitative estimate of drug-likeness (QED) is 0.745. The molecule has 0 aliphatic heterocycles. The largest absolute Gasteiger partial charge is 0.399 e. The van der Waals surface area contributed by atoms with Crippen LogP contribution in [-0.2, 0) is 0 Å². The van der Waals surface area contributed by atoms with Gasteiger partial charge in [0.1, 0.15) is 5.69 Å². The molecule has 3 N–H and O–H groups in total. The number of anilines is 2. The number of carbonyl (C=O) groups is 1. The first kappa shape index (κ1) is 12.1. The number of nitrogen functional groups attached to an aromatic ring is 1. The topological polar surface area (TPSA) is 80.9 Å². The number of pyridine rings is 2. The number of aromatic nitrogens is 2. The Kier molecular flexibility index (Phi) is 3.01. The van der Waals surface area contributed by atoms with E-state index in [2.05, 4.69) is 15.3 Å². The molecule has 0 bridgehead atoms. The van der Waals surface area contributed by atoms with Crippen LogP contribution in [0.25, 0.3) is 10.8 Å². The molecule has 20 heavy (non-hydrogen) atoms. The summed E-state index contributed by atoms with van der Waals surface area (Å²) in [5.41, 5.74) is 7.17. The van der Waals surface area contributed by atoms with E-state index in [1.54, 1.807) is 24.5 Å². The zero-order valence-corrected chi connectivity index (χ0v) is 10.6. The van der Waals surface area contributed by atoms with E-state index >= 15 is 0 Å². The van der Waals surface area contributed by atoms with E-state index in [0.717, 1.165) is 16.5 Å². The number of hydrogen-bond donors (Lipinski definition) is 2. The molecule has 5 nitrogen and oxygen atoms in total. The van der Waals surface area contributed by atoms with Crippen LogP contribution >= 0.6 is 0 Å². The molecule has 2 aromatic heterocycles. The number of rotatable bonds is 2. The minimum atomic E-state index is -0.290. The van der Waals surface area contributed by atoms with Crippen molar-refractivity contribution in [3.05, 3.63) is 60.7 Å². The standard InChI is InChI=1S/C15H12N4O/c16-11-4-7-18-14(8-11)15(20)19-13-3-1-2-10-9-17-6-5-12(10)13/h1-9H,(H2,16,18)(H,19,20). The van der Waals surface area contributed by atoms with Crippen LogP contribution in [0, 0.1) is 0 Å². The summed E-state index contributed by atoms with van der Waals surface area (Å²) in [5, 5.41) is 4.74. The Morgan fingerprint density at radius 1 is 1.15 bits per heavy atom. The molecule has 3 rings (SSSR count). The van der Waals surface area contributed by atoms with Crippen LogP contribution in [0.15, 0.2) is 55.0 Å². The minimum Gasteiger partial charge on any atom is -0.399 e. The second-order valence-corrected chi connectivity index (χ2v) is 4.33. The number of benzene rings is 1. The maximum Gasteiger partial charge on any atom is 0.274 e. The fourth-order valence-electron chi connectivity index (χ4n) is 1.99. The molecule has 0 spiro atoms. The van der Waals surface area contributed by atoms with Gasteiger partial charge in [-0.05, 0) is 24.3 Å². The molecule has 0 fully saturated rings. The number of nitrogens with zero attached hydrogens (tertiary/aromatic N) is 2. The van der Waals surface area contributed by atoms with Gasteiger partial charge in [-0.25, -0.2) is 0 Å². The van der Waals surface area contributed by atoms with Gasteiger partial charge in [0.25, 0.3) is 5.91 Å². The van der Waals surface area contributed by atoms with Crippen molar-refractivity contribution in [2.75, 3.05) is 11.1 Å². The molecule has 0 atom stereocenters. The van der Waals surface area contributed by atoms with Crippen LogP contribution in [0.1, 0.15) is 10.5 Å². The molecule has 1 amide bonds. The summed E-state index contributed by atoms with van der Waals surface area (Å²) in [4.78, 5) is 20.2. The van der Waals surface area contributed by atoms with Gasteiger partial charge in [-0.3, -0.25) is 14.8 Å². The van der Waals surface area contributed by atoms with Gasteiger partial charge in [0.05, 0.1) is 0 Å². The molecule has 5 heteroatoms. The van der Waals surface area contributed by atoms with Crippen molar-refractivity contribution in [1.29, 1.82) is 0 Å². The number of nitrogens with one attached hydrogen (secondary N) is 1. The fraction of sp³-hybridized carbons (Fsp3) is 0. The summed E-state index contributed by atoms with van der Waals surface area (Å²) in [7, 11) is 0. The summed E-state index contributed by atoms with van der Waals surface area (Å²) < 4.78 is 0. The van der Waals surface area contributed by atoms with Crippen molar-refractivity contribution in [2.24, 2.45) is 0 Å². The monoisotopic (exact) mass is 264 g/mol. The van der Waals surface area contributed by atoms with Crippen LogP contribution in [0.5, 0.6) is 0 Å². The average molecular weight is 264 g/mol. The van der Waals surface area contributed by atoms with Crippen LogP contribution in [0.2, 0.25) is 0 Å². The number of carbonyl (C=O) groups excluding carboxylic acids is 1. The van der Waals surface area contributed by atoms with Crippen molar-refractivity contribution >= 4 is 28.1 Å². The van der Waals surface area contributed by atoms with Crippen molar-refractivity contribution in [1.82, 2.24) is 9.97 Å². The Labute approximate surface area is 115 Å². The third kappa shape index (κ3) is 2.29. The first-order valence-electron chi connectivity index (χ1n) is 6.10. The summed E-state index contributed by atoms with van der Waals surface area (Å²) in [6.45, 7) is 0. The van der Waals surface area contributed by atoms with E-state index in [9.17, 15) is 4.79 Å². The van der Waals surface area contributed by atoms with Gasteiger partial charge in [0.15, 0.2) is 0 Å². The summed E-state index contributed by atoms with van der Waals surface area (Å²) in [5.74, 6) is -0.290. The lowest BCUT2D eigenvalue weighted by Gasteiger charge is -2.08. The Bertz CT molecular complexity index is 780. The van der Waals surface area contributed by atoms with Gasteiger partial charge >= 0.3 is 0 Å². The van der Waals surface area contributed by atoms with Gasteiger partial charge in [-0.15, -0.1) is 0 Å². The van der Waals surface area contributed by atoms with E-state index in [1.165, 1.54) is 6.20 Å². The molecular formula is C15H12N4O. The molecule has 2 heterocycles. The molecule has 0 unspecified atom stereocenters. The zero-order valence-electron chi connectivity index (χ0n) is 10.6. The Hall–Kier alpha value is -2.95. The van der Waals surface area contributed by atoms with E-state index < -0.39 is 0 Å². The lowest BCUT2D eigenvalue weighted by molar-refractivity contribution is 0.102. The van der Waals surface area contributed by atoms with E-state index in [4.69, 9.17) is 5.73 Å².